The number of anilines is 1. The van der Waals surface area contributed by atoms with Gasteiger partial charge in [-0.1, -0.05) is 48.5 Å². The van der Waals surface area contributed by atoms with Gasteiger partial charge >= 0.3 is 0 Å². The Balaban J connectivity index is 1.67. The van der Waals surface area contributed by atoms with Crippen molar-refractivity contribution in [3.05, 3.63) is 65.7 Å². The van der Waals surface area contributed by atoms with Crippen molar-refractivity contribution >= 4 is 5.69 Å². The number of nitrogens with zero attached hydrogens (tertiary/aromatic N) is 3. The van der Waals surface area contributed by atoms with E-state index in [2.05, 4.69) is 83.4 Å². The maximum Gasteiger partial charge on any atom is 0.0411 e. The topological polar surface area (TPSA) is 35.7 Å². The second-order valence-electron chi connectivity index (χ2n) is 8.07. The van der Waals surface area contributed by atoms with Gasteiger partial charge in [0.2, 0.25) is 0 Å². The van der Waals surface area contributed by atoms with Crippen molar-refractivity contribution in [1.29, 1.82) is 0 Å². The second-order valence-corrected chi connectivity index (χ2v) is 8.07. The summed E-state index contributed by atoms with van der Waals surface area (Å²) in [7, 11) is 4.49. The number of hydrogen-bond acceptors (Lipinski definition) is 4. The summed E-state index contributed by atoms with van der Waals surface area (Å²) >= 11 is 0. The number of benzene rings is 2. The predicted molar refractivity (Wildman–Crippen MR) is 120 cm³/mol. The minimum absolute atomic E-state index is 0.629. The van der Waals surface area contributed by atoms with E-state index in [1.807, 2.05) is 0 Å². The van der Waals surface area contributed by atoms with Crippen LogP contribution in [0.4, 0.5) is 5.69 Å². The van der Waals surface area contributed by atoms with Crippen LogP contribution in [0.1, 0.15) is 24.0 Å². The van der Waals surface area contributed by atoms with Gasteiger partial charge < -0.3 is 15.5 Å². The van der Waals surface area contributed by atoms with Gasteiger partial charge in [0.15, 0.2) is 0 Å². The van der Waals surface area contributed by atoms with Gasteiger partial charge in [0, 0.05) is 45.0 Å². The number of nitrogens with two attached hydrogens (primary N) is 1. The fourth-order valence-electron chi connectivity index (χ4n) is 4.19. The lowest BCUT2D eigenvalue weighted by Crippen LogP contribution is -2.42. The van der Waals surface area contributed by atoms with Crippen molar-refractivity contribution in [2.75, 3.05) is 51.7 Å². The summed E-state index contributed by atoms with van der Waals surface area (Å²) in [5.74, 6) is 0. The van der Waals surface area contributed by atoms with Gasteiger partial charge in [-0.2, -0.15) is 0 Å². The maximum absolute atomic E-state index is 5.92. The highest BCUT2D eigenvalue weighted by Crippen LogP contribution is 2.26. The van der Waals surface area contributed by atoms with Crippen LogP contribution < -0.4 is 10.6 Å². The molecule has 0 spiro atoms. The van der Waals surface area contributed by atoms with Crippen molar-refractivity contribution in [2.45, 2.75) is 31.8 Å². The van der Waals surface area contributed by atoms with E-state index < -0.39 is 0 Å². The molecule has 1 aliphatic heterocycles. The molecule has 0 aliphatic carbocycles. The van der Waals surface area contributed by atoms with E-state index in [9.17, 15) is 0 Å². The zero-order valence-corrected chi connectivity index (χ0v) is 17.6. The Bertz CT molecular complexity index is 695. The second kappa shape index (κ2) is 10.6. The molecule has 28 heavy (non-hydrogen) atoms. The third-order valence-electron chi connectivity index (χ3n) is 6.01. The lowest BCUT2D eigenvalue weighted by molar-refractivity contribution is 0.252. The molecule has 1 fully saturated rings. The Labute approximate surface area is 170 Å². The third kappa shape index (κ3) is 5.81. The smallest absolute Gasteiger partial charge is 0.0411 e. The number of rotatable bonds is 9. The highest BCUT2D eigenvalue weighted by Gasteiger charge is 2.22. The normalized spacial score (nSPS) is 15.9. The van der Waals surface area contributed by atoms with Gasteiger partial charge in [0.1, 0.15) is 0 Å². The van der Waals surface area contributed by atoms with Gasteiger partial charge in [-0.25, -0.2) is 0 Å². The van der Waals surface area contributed by atoms with Crippen LogP contribution in [0.5, 0.6) is 0 Å². The first-order chi connectivity index (χ1) is 13.7. The Kier molecular flexibility index (Phi) is 7.90. The molecule has 0 unspecified atom stereocenters. The van der Waals surface area contributed by atoms with Crippen molar-refractivity contribution < 1.29 is 0 Å². The largest absolute Gasteiger partial charge is 0.371 e. The summed E-state index contributed by atoms with van der Waals surface area (Å²) in [6, 6.07) is 20.3. The van der Waals surface area contributed by atoms with E-state index >= 15 is 0 Å². The SMILES string of the molecule is CN1CCC(N(C)c2ccccc2CN(CCN)CCc2ccccc2)CC1. The van der Waals surface area contributed by atoms with Crippen LogP contribution in [-0.2, 0) is 13.0 Å². The van der Waals surface area contributed by atoms with Gasteiger partial charge in [-0.05, 0) is 56.6 Å². The molecule has 0 amide bonds. The zero-order valence-electron chi connectivity index (χ0n) is 17.6. The predicted octanol–water partition coefficient (Wildman–Crippen LogP) is 3.22. The molecule has 0 saturated carbocycles. The van der Waals surface area contributed by atoms with E-state index in [0.29, 0.717) is 12.6 Å². The number of para-hydroxylation sites is 1. The van der Waals surface area contributed by atoms with Gasteiger partial charge in [-0.15, -0.1) is 0 Å². The van der Waals surface area contributed by atoms with Gasteiger partial charge in [0.05, 0.1) is 0 Å². The molecule has 4 heteroatoms. The van der Waals surface area contributed by atoms with Crippen LogP contribution in [-0.4, -0.2) is 62.7 Å². The molecular weight excluding hydrogens is 344 g/mol. The molecule has 2 N–H and O–H groups in total. The molecule has 4 nitrogen and oxygen atoms in total. The Morgan fingerprint density at radius 1 is 0.964 bits per heavy atom. The molecule has 0 radical (unpaired) electrons. The first kappa shape index (κ1) is 20.8. The third-order valence-corrected chi connectivity index (χ3v) is 6.01. The summed E-state index contributed by atoms with van der Waals surface area (Å²) < 4.78 is 0. The minimum Gasteiger partial charge on any atom is -0.371 e. The van der Waals surface area contributed by atoms with Crippen molar-refractivity contribution in [3.8, 4) is 0 Å². The van der Waals surface area contributed by atoms with Gasteiger partial charge in [0.25, 0.3) is 0 Å². The molecule has 1 heterocycles. The molecule has 0 atom stereocenters. The first-order valence-corrected chi connectivity index (χ1v) is 10.6. The number of likely N-dealkylation sites (tertiary alicyclic amines) is 1. The molecule has 152 valence electrons. The average Bonchev–Trinajstić information content (AvgIpc) is 2.73. The Morgan fingerprint density at radius 2 is 1.64 bits per heavy atom. The molecule has 3 rings (SSSR count). The zero-order chi connectivity index (χ0) is 19.8. The van der Waals surface area contributed by atoms with Crippen molar-refractivity contribution in [2.24, 2.45) is 5.73 Å². The summed E-state index contributed by atoms with van der Waals surface area (Å²) in [4.78, 5) is 7.44. The van der Waals surface area contributed by atoms with Crippen LogP contribution in [0.25, 0.3) is 0 Å². The quantitative estimate of drug-likeness (QED) is 0.725. The van der Waals surface area contributed by atoms with E-state index in [1.54, 1.807) is 0 Å². The molecular formula is C24H36N4. The fourth-order valence-corrected chi connectivity index (χ4v) is 4.19. The molecule has 0 bridgehead atoms. The molecule has 2 aromatic rings. The summed E-state index contributed by atoms with van der Waals surface area (Å²) in [5.41, 5.74) is 10.1. The molecule has 0 aromatic heterocycles. The summed E-state index contributed by atoms with van der Waals surface area (Å²) in [5, 5.41) is 0. The van der Waals surface area contributed by atoms with E-state index in [1.165, 1.54) is 42.7 Å². The molecule has 2 aromatic carbocycles. The van der Waals surface area contributed by atoms with Crippen LogP contribution in [0.3, 0.4) is 0 Å². The standard InChI is InChI=1S/C24H36N4/c1-26-16-13-23(14-17-26)27(2)24-11-7-6-10-22(24)20-28(19-15-25)18-12-21-8-4-3-5-9-21/h3-11,23H,12-20,25H2,1-2H3. The van der Waals surface area contributed by atoms with E-state index in [0.717, 1.165) is 26.1 Å². The molecule has 1 aliphatic rings. The highest BCUT2D eigenvalue weighted by atomic mass is 15.2. The maximum atomic E-state index is 5.92. The van der Waals surface area contributed by atoms with Gasteiger partial charge in [-0.3, -0.25) is 4.90 Å². The summed E-state index contributed by atoms with van der Waals surface area (Å²) in [6.45, 7) is 5.99. The lowest BCUT2D eigenvalue weighted by atomic mass is 10.0. The number of hydrogen-bond donors (Lipinski definition) is 1. The molecule has 1 saturated heterocycles. The van der Waals surface area contributed by atoms with E-state index in [4.69, 9.17) is 5.73 Å². The Morgan fingerprint density at radius 3 is 2.36 bits per heavy atom. The highest BCUT2D eigenvalue weighted by molar-refractivity contribution is 5.54. The van der Waals surface area contributed by atoms with Crippen molar-refractivity contribution in [1.82, 2.24) is 9.80 Å². The minimum atomic E-state index is 0.629. The summed E-state index contributed by atoms with van der Waals surface area (Å²) in [6.07, 6.45) is 3.54. The lowest BCUT2D eigenvalue weighted by Gasteiger charge is -2.37. The van der Waals surface area contributed by atoms with Crippen molar-refractivity contribution in [3.63, 3.8) is 0 Å². The average molecular weight is 381 g/mol. The van der Waals surface area contributed by atoms with Crippen LogP contribution in [0.15, 0.2) is 54.6 Å². The van der Waals surface area contributed by atoms with Crippen LogP contribution >= 0.6 is 0 Å². The van der Waals surface area contributed by atoms with E-state index in [-0.39, 0.29) is 0 Å². The first-order valence-electron chi connectivity index (χ1n) is 10.6. The van der Waals surface area contributed by atoms with Crippen LogP contribution in [0.2, 0.25) is 0 Å². The Hall–Kier alpha value is -1.88. The monoisotopic (exact) mass is 380 g/mol. The fraction of sp³-hybridized carbons (Fsp3) is 0.500. The van der Waals surface area contributed by atoms with Crippen LogP contribution in [0, 0.1) is 0 Å². The number of piperidine rings is 1.